The van der Waals surface area contributed by atoms with Gasteiger partial charge >= 0.3 is 0 Å². The van der Waals surface area contributed by atoms with Crippen molar-refractivity contribution in [3.8, 4) is 0 Å². The summed E-state index contributed by atoms with van der Waals surface area (Å²) in [6.07, 6.45) is 6.11. The summed E-state index contributed by atoms with van der Waals surface area (Å²) in [5.41, 5.74) is 3.73. The first kappa shape index (κ1) is 20.7. The summed E-state index contributed by atoms with van der Waals surface area (Å²) in [6.45, 7) is 6.55. The number of para-hydroxylation sites is 1. The largest absolute Gasteiger partial charge is 0.372 e. The number of likely N-dealkylation sites (tertiary alicyclic amines) is 1. The van der Waals surface area contributed by atoms with Gasteiger partial charge in [0.1, 0.15) is 11.5 Å². The Labute approximate surface area is 185 Å². The van der Waals surface area contributed by atoms with Crippen LogP contribution >= 0.6 is 0 Å². The number of anilines is 2. The van der Waals surface area contributed by atoms with Crippen LogP contribution in [0, 0.1) is 11.3 Å². The SMILES string of the molecule is CC1(C(=O)C2CCN(C(C)(O)c3ccc(N4CCCc5ccccc54)cc3)CC2)CC1. The monoisotopic (exact) mass is 418 g/mol. The molecule has 2 aliphatic heterocycles. The minimum atomic E-state index is -1.02. The summed E-state index contributed by atoms with van der Waals surface area (Å²) in [7, 11) is 0. The standard InChI is InChI=1S/C27H34N2O2/c1-26(15-16-26)25(30)21-13-18-28(19-14-21)27(2,31)22-9-11-23(12-10-22)29-17-5-7-20-6-3-4-8-24(20)29/h3-4,6,8-12,21,31H,5,7,13-19H2,1-2H3. The molecule has 1 aliphatic carbocycles. The van der Waals surface area contributed by atoms with Crippen LogP contribution in [0.5, 0.6) is 0 Å². The second-order valence-electron chi connectivity index (χ2n) is 10.1. The maximum atomic E-state index is 12.7. The lowest BCUT2D eigenvalue weighted by Crippen LogP contribution is -2.49. The first-order chi connectivity index (χ1) is 14.9. The Kier molecular flexibility index (Phi) is 5.18. The van der Waals surface area contributed by atoms with Gasteiger partial charge in [-0.2, -0.15) is 0 Å². The van der Waals surface area contributed by atoms with E-state index in [9.17, 15) is 9.90 Å². The highest BCUT2D eigenvalue weighted by atomic mass is 16.3. The molecular formula is C27H34N2O2. The lowest BCUT2D eigenvalue weighted by molar-refractivity contribution is -0.137. The number of fused-ring (bicyclic) bond motifs is 1. The normalized spacial score (nSPS) is 23.1. The van der Waals surface area contributed by atoms with Crippen molar-refractivity contribution in [1.82, 2.24) is 4.90 Å². The first-order valence-electron chi connectivity index (χ1n) is 11.9. The lowest BCUT2D eigenvalue weighted by atomic mass is 9.84. The number of rotatable bonds is 5. The molecule has 2 fully saturated rings. The first-order valence-corrected chi connectivity index (χ1v) is 11.9. The minimum Gasteiger partial charge on any atom is -0.372 e. The summed E-state index contributed by atoms with van der Waals surface area (Å²) in [5, 5.41) is 11.4. The molecule has 0 aromatic heterocycles. The number of carbonyl (C=O) groups excluding carboxylic acids is 1. The van der Waals surface area contributed by atoms with Crippen LogP contribution in [0.1, 0.15) is 57.1 Å². The highest BCUT2D eigenvalue weighted by molar-refractivity contribution is 5.89. The quantitative estimate of drug-likeness (QED) is 0.741. The van der Waals surface area contributed by atoms with Crippen LogP contribution in [0.3, 0.4) is 0 Å². The number of aryl methyl sites for hydroxylation is 1. The molecule has 1 saturated heterocycles. The van der Waals surface area contributed by atoms with Gasteiger partial charge in [-0.25, -0.2) is 0 Å². The molecule has 3 aliphatic rings. The summed E-state index contributed by atoms with van der Waals surface area (Å²) < 4.78 is 0. The van der Waals surface area contributed by atoms with E-state index >= 15 is 0 Å². The summed E-state index contributed by atoms with van der Waals surface area (Å²) in [5.74, 6) is 0.624. The fourth-order valence-corrected chi connectivity index (χ4v) is 5.45. The Hall–Kier alpha value is -2.17. The van der Waals surface area contributed by atoms with E-state index in [1.54, 1.807) is 0 Å². The molecule has 0 radical (unpaired) electrons. The van der Waals surface area contributed by atoms with Gasteiger partial charge in [-0.3, -0.25) is 9.69 Å². The van der Waals surface area contributed by atoms with Crippen molar-refractivity contribution in [1.29, 1.82) is 0 Å². The maximum Gasteiger partial charge on any atom is 0.141 e. The van der Waals surface area contributed by atoms with Gasteiger partial charge in [-0.15, -0.1) is 0 Å². The molecule has 0 bridgehead atoms. The minimum absolute atomic E-state index is 0.0434. The van der Waals surface area contributed by atoms with Crippen LogP contribution in [-0.4, -0.2) is 35.4 Å². The van der Waals surface area contributed by atoms with Crippen molar-refractivity contribution in [2.75, 3.05) is 24.5 Å². The molecule has 5 rings (SSSR count). The molecule has 4 nitrogen and oxygen atoms in total. The predicted molar refractivity (Wildman–Crippen MR) is 124 cm³/mol. The zero-order valence-corrected chi connectivity index (χ0v) is 18.8. The van der Waals surface area contributed by atoms with E-state index in [1.165, 1.54) is 16.9 Å². The second-order valence-corrected chi connectivity index (χ2v) is 10.1. The van der Waals surface area contributed by atoms with Crippen molar-refractivity contribution in [3.05, 3.63) is 59.7 Å². The smallest absolute Gasteiger partial charge is 0.141 e. The van der Waals surface area contributed by atoms with Crippen molar-refractivity contribution in [2.45, 2.75) is 58.1 Å². The number of ketones is 1. The third kappa shape index (κ3) is 3.81. The van der Waals surface area contributed by atoms with E-state index in [0.29, 0.717) is 5.78 Å². The van der Waals surface area contributed by atoms with Gasteiger partial charge in [0.25, 0.3) is 0 Å². The molecule has 4 heteroatoms. The molecule has 0 spiro atoms. The van der Waals surface area contributed by atoms with Crippen LogP contribution in [0.25, 0.3) is 0 Å². The van der Waals surface area contributed by atoms with E-state index in [2.05, 4.69) is 65.3 Å². The van der Waals surface area contributed by atoms with Gasteiger partial charge in [0.2, 0.25) is 0 Å². The van der Waals surface area contributed by atoms with Crippen LogP contribution in [-0.2, 0) is 16.9 Å². The molecule has 31 heavy (non-hydrogen) atoms. The summed E-state index contributed by atoms with van der Waals surface area (Å²) in [6, 6.07) is 17.0. The average Bonchev–Trinajstić information content (AvgIpc) is 3.57. The zero-order chi connectivity index (χ0) is 21.6. The summed E-state index contributed by atoms with van der Waals surface area (Å²) >= 11 is 0. The van der Waals surface area contributed by atoms with Gasteiger partial charge in [0.05, 0.1) is 0 Å². The molecular weight excluding hydrogens is 384 g/mol. The van der Waals surface area contributed by atoms with Gasteiger partial charge in [0, 0.05) is 42.3 Å². The maximum absolute atomic E-state index is 12.7. The molecule has 2 aromatic carbocycles. The lowest BCUT2D eigenvalue weighted by Gasteiger charge is -2.42. The number of carbonyl (C=O) groups is 1. The fraction of sp³-hybridized carbons (Fsp3) is 0.519. The number of hydrogen-bond acceptors (Lipinski definition) is 4. The van der Waals surface area contributed by atoms with E-state index in [-0.39, 0.29) is 11.3 Å². The predicted octanol–water partition coefficient (Wildman–Crippen LogP) is 5.02. The molecule has 1 atom stereocenters. The van der Waals surface area contributed by atoms with Crippen LogP contribution in [0.4, 0.5) is 11.4 Å². The van der Waals surface area contributed by atoms with Gasteiger partial charge < -0.3 is 10.0 Å². The number of aliphatic hydroxyl groups is 1. The fourth-order valence-electron chi connectivity index (χ4n) is 5.45. The van der Waals surface area contributed by atoms with Gasteiger partial charge in [-0.05, 0) is 74.8 Å². The Morgan fingerprint density at radius 2 is 1.71 bits per heavy atom. The van der Waals surface area contributed by atoms with Crippen molar-refractivity contribution in [3.63, 3.8) is 0 Å². The Morgan fingerprint density at radius 3 is 2.39 bits per heavy atom. The molecule has 1 N–H and O–H groups in total. The Balaban J connectivity index is 1.28. The Morgan fingerprint density at radius 1 is 1.03 bits per heavy atom. The molecule has 1 unspecified atom stereocenters. The average molecular weight is 419 g/mol. The van der Waals surface area contributed by atoms with Crippen LogP contribution < -0.4 is 4.90 Å². The molecule has 2 heterocycles. The summed E-state index contributed by atoms with van der Waals surface area (Å²) in [4.78, 5) is 17.2. The van der Waals surface area contributed by atoms with Crippen LogP contribution in [0.15, 0.2) is 48.5 Å². The molecule has 164 valence electrons. The molecule has 1 saturated carbocycles. The van der Waals surface area contributed by atoms with Crippen molar-refractivity contribution < 1.29 is 9.90 Å². The third-order valence-corrected chi connectivity index (χ3v) is 7.91. The number of nitrogens with zero attached hydrogens (tertiary/aromatic N) is 2. The van der Waals surface area contributed by atoms with E-state index in [4.69, 9.17) is 0 Å². The van der Waals surface area contributed by atoms with E-state index in [1.807, 2.05) is 6.92 Å². The van der Waals surface area contributed by atoms with Gasteiger partial charge in [-0.1, -0.05) is 37.3 Å². The zero-order valence-electron chi connectivity index (χ0n) is 18.8. The topological polar surface area (TPSA) is 43.8 Å². The number of hydrogen-bond donors (Lipinski definition) is 1. The van der Waals surface area contributed by atoms with E-state index in [0.717, 1.165) is 63.7 Å². The highest BCUT2D eigenvalue weighted by Gasteiger charge is 2.48. The van der Waals surface area contributed by atoms with Crippen molar-refractivity contribution in [2.24, 2.45) is 11.3 Å². The van der Waals surface area contributed by atoms with Gasteiger partial charge in [0.15, 0.2) is 0 Å². The third-order valence-electron chi connectivity index (χ3n) is 7.91. The number of benzene rings is 2. The molecule has 2 aromatic rings. The highest BCUT2D eigenvalue weighted by Crippen LogP contribution is 2.49. The van der Waals surface area contributed by atoms with Crippen LogP contribution in [0.2, 0.25) is 0 Å². The number of piperidine rings is 1. The van der Waals surface area contributed by atoms with Crippen molar-refractivity contribution >= 4 is 17.2 Å². The Bertz CT molecular complexity index is 953. The van der Waals surface area contributed by atoms with E-state index < -0.39 is 5.72 Å². The second kappa shape index (κ2) is 7.75. The number of Topliss-reactive ketones (excluding diaryl/α,β-unsaturated/α-hetero) is 1. The molecule has 0 amide bonds.